The molecule has 0 aliphatic rings. The van der Waals surface area contributed by atoms with E-state index < -0.39 is 5.24 Å². The van der Waals surface area contributed by atoms with Crippen LogP contribution in [0.5, 0.6) is 0 Å². The molecule has 1 aromatic heterocycles. The highest BCUT2D eigenvalue weighted by Gasteiger charge is 2.02. The number of carbonyl (C=O) groups excluding carboxylic acids is 1. The summed E-state index contributed by atoms with van der Waals surface area (Å²) in [5.41, 5.74) is 0.310. The predicted octanol–water partition coefficient (Wildman–Crippen LogP) is 3.45. The first kappa shape index (κ1) is 12.9. The molecule has 0 aliphatic carbocycles. The lowest BCUT2D eigenvalue weighted by molar-refractivity contribution is -0.107. The molecule has 0 unspecified atom stereocenters. The van der Waals surface area contributed by atoms with Crippen molar-refractivity contribution in [1.82, 2.24) is 0 Å². The molecule has 0 saturated heterocycles. The van der Waals surface area contributed by atoms with E-state index in [-0.39, 0.29) is 0 Å². The van der Waals surface area contributed by atoms with Crippen molar-refractivity contribution in [1.29, 1.82) is 5.26 Å². The first-order valence-electron chi connectivity index (χ1n) is 4.09. The molecule has 74 valence electrons. The number of halogens is 1. The Hall–Kier alpha value is -1.11. The van der Waals surface area contributed by atoms with E-state index in [1.165, 1.54) is 11.3 Å². The van der Waals surface area contributed by atoms with Crippen molar-refractivity contribution >= 4 is 33.8 Å². The van der Waals surface area contributed by atoms with E-state index in [2.05, 4.69) is 0 Å². The molecule has 0 amide bonds. The lowest BCUT2D eigenvalue weighted by atomic mass is 10.2. The molecular weight excluding hydrogens is 218 g/mol. The average molecular weight is 228 g/mol. The molecule has 0 radical (unpaired) electrons. The van der Waals surface area contributed by atoms with Gasteiger partial charge in [0, 0.05) is 11.0 Å². The van der Waals surface area contributed by atoms with Crippen LogP contribution in [-0.4, -0.2) is 5.24 Å². The summed E-state index contributed by atoms with van der Waals surface area (Å²) >= 11 is 6.50. The SMILES string of the molecule is CC.N#C/C(=C\C(=O)Cl)c1cccs1. The number of thiophene rings is 1. The molecule has 0 bridgehead atoms. The van der Waals surface area contributed by atoms with Crippen LogP contribution in [0.15, 0.2) is 23.6 Å². The molecule has 2 nitrogen and oxygen atoms in total. The van der Waals surface area contributed by atoms with Crippen LogP contribution in [-0.2, 0) is 4.79 Å². The number of hydrogen-bond donors (Lipinski definition) is 0. The minimum absolute atomic E-state index is 0.310. The van der Waals surface area contributed by atoms with Crippen LogP contribution in [0.25, 0.3) is 5.57 Å². The number of rotatable bonds is 2. The summed E-state index contributed by atoms with van der Waals surface area (Å²) in [6.07, 6.45) is 1.12. The van der Waals surface area contributed by atoms with Crippen molar-refractivity contribution in [2.75, 3.05) is 0 Å². The number of nitriles is 1. The van der Waals surface area contributed by atoms with Gasteiger partial charge < -0.3 is 0 Å². The van der Waals surface area contributed by atoms with Gasteiger partial charge in [-0.25, -0.2) is 0 Å². The predicted molar refractivity (Wildman–Crippen MR) is 60.1 cm³/mol. The summed E-state index contributed by atoms with van der Waals surface area (Å²) in [6.45, 7) is 4.00. The Kier molecular flexibility index (Phi) is 6.73. The van der Waals surface area contributed by atoms with E-state index in [1.807, 2.05) is 31.4 Å². The van der Waals surface area contributed by atoms with Crippen molar-refractivity contribution < 1.29 is 4.79 Å². The van der Waals surface area contributed by atoms with Crippen molar-refractivity contribution in [3.05, 3.63) is 28.5 Å². The second-order valence-corrected chi connectivity index (χ2v) is 3.27. The number of nitrogens with zero attached hydrogens (tertiary/aromatic N) is 1. The highest BCUT2D eigenvalue weighted by molar-refractivity contribution is 7.11. The van der Waals surface area contributed by atoms with Gasteiger partial charge in [-0.3, -0.25) is 4.79 Å². The number of hydrogen-bond acceptors (Lipinski definition) is 3. The zero-order chi connectivity index (χ0) is 11.0. The Morgan fingerprint density at radius 2 is 2.29 bits per heavy atom. The van der Waals surface area contributed by atoms with Gasteiger partial charge in [0.15, 0.2) is 0 Å². The molecular formula is C10H10ClNOS. The highest BCUT2D eigenvalue weighted by atomic mass is 35.5. The Morgan fingerprint density at radius 1 is 1.64 bits per heavy atom. The van der Waals surface area contributed by atoms with Crippen molar-refractivity contribution in [2.24, 2.45) is 0 Å². The Bertz CT molecular complexity index is 349. The first-order valence-corrected chi connectivity index (χ1v) is 5.35. The maximum Gasteiger partial charge on any atom is 0.246 e. The van der Waals surface area contributed by atoms with Gasteiger partial charge in [0.05, 0.1) is 5.57 Å². The van der Waals surface area contributed by atoms with E-state index >= 15 is 0 Å². The van der Waals surface area contributed by atoms with Gasteiger partial charge in [-0.2, -0.15) is 5.26 Å². The second kappa shape index (κ2) is 7.31. The smallest absolute Gasteiger partial charge is 0.246 e. The van der Waals surface area contributed by atoms with Crippen LogP contribution in [0.1, 0.15) is 18.7 Å². The summed E-state index contributed by atoms with van der Waals surface area (Å²) in [4.78, 5) is 11.2. The van der Waals surface area contributed by atoms with E-state index in [0.29, 0.717) is 5.57 Å². The van der Waals surface area contributed by atoms with Gasteiger partial charge >= 0.3 is 0 Å². The van der Waals surface area contributed by atoms with Gasteiger partial charge in [0.2, 0.25) is 5.24 Å². The summed E-state index contributed by atoms with van der Waals surface area (Å²) < 4.78 is 0. The van der Waals surface area contributed by atoms with Crippen LogP contribution in [0, 0.1) is 11.3 Å². The normalized spacial score (nSPS) is 9.71. The molecule has 0 N–H and O–H groups in total. The highest BCUT2D eigenvalue weighted by Crippen LogP contribution is 2.19. The van der Waals surface area contributed by atoms with Crippen molar-refractivity contribution in [2.45, 2.75) is 13.8 Å². The van der Waals surface area contributed by atoms with Crippen molar-refractivity contribution in [3.63, 3.8) is 0 Å². The quantitative estimate of drug-likeness (QED) is 0.441. The minimum atomic E-state index is -0.625. The Balaban J connectivity index is 0.000000791. The van der Waals surface area contributed by atoms with Crippen LogP contribution >= 0.6 is 22.9 Å². The topological polar surface area (TPSA) is 40.9 Å². The second-order valence-electron chi connectivity index (χ2n) is 1.95. The van der Waals surface area contributed by atoms with Gasteiger partial charge in [-0.1, -0.05) is 19.9 Å². The van der Waals surface area contributed by atoms with Gasteiger partial charge in [-0.15, -0.1) is 11.3 Å². The van der Waals surface area contributed by atoms with Crippen LogP contribution in [0.3, 0.4) is 0 Å². The fourth-order valence-corrected chi connectivity index (χ4v) is 1.51. The molecule has 14 heavy (non-hydrogen) atoms. The number of carbonyl (C=O) groups is 1. The Morgan fingerprint density at radius 3 is 2.64 bits per heavy atom. The summed E-state index contributed by atoms with van der Waals surface area (Å²) in [5, 5.41) is 9.83. The maximum atomic E-state index is 10.5. The lowest BCUT2D eigenvalue weighted by Crippen LogP contribution is -1.81. The maximum absolute atomic E-state index is 10.5. The third-order valence-electron chi connectivity index (χ3n) is 1.16. The summed E-state index contributed by atoms with van der Waals surface area (Å²) in [5.74, 6) is 0. The van der Waals surface area contributed by atoms with Gasteiger partial charge in [0.25, 0.3) is 0 Å². The molecule has 0 saturated carbocycles. The Labute approximate surface area is 92.4 Å². The molecule has 0 aliphatic heterocycles. The molecule has 0 aromatic carbocycles. The van der Waals surface area contributed by atoms with E-state index in [4.69, 9.17) is 16.9 Å². The average Bonchev–Trinajstić information content (AvgIpc) is 2.70. The van der Waals surface area contributed by atoms with Gasteiger partial charge in [-0.05, 0) is 23.0 Å². The van der Waals surface area contributed by atoms with E-state index in [0.717, 1.165) is 11.0 Å². The van der Waals surface area contributed by atoms with Crippen LogP contribution < -0.4 is 0 Å². The molecule has 4 heteroatoms. The molecule has 0 fully saturated rings. The van der Waals surface area contributed by atoms with E-state index in [9.17, 15) is 4.79 Å². The largest absolute Gasteiger partial charge is 0.276 e. The zero-order valence-electron chi connectivity index (χ0n) is 7.95. The van der Waals surface area contributed by atoms with Crippen LogP contribution in [0.2, 0.25) is 0 Å². The molecule has 0 spiro atoms. The summed E-state index contributed by atoms with van der Waals surface area (Å²) in [6, 6.07) is 5.47. The third-order valence-corrected chi connectivity index (χ3v) is 2.18. The van der Waals surface area contributed by atoms with E-state index in [1.54, 1.807) is 6.07 Å². The fraction of sp³-hybridized carbons (Fsp3) is 0.200. The van der Waals surface area contributed by atoms with Crippen molar-refractivity contribution in [3.8, 4) is 6.07 Å². The number of allylic oxidation sites excluding steroid dienone is 2. The molecule has 1 rings (SSSR count). The zero-order valence-corrected chi connectivity index (χ0v) is 9.52. The fourth-order valence-electron chi connectivity index (χ4n) is 0.704. The molecule has 0 atom stereocenters. The molecule has 1 heterocycles. The standard InChI is InChI=1S/C8H4ClNOS.C2H6/c9-8(11)4-6(5-10)7-2-1-3-12-7;1-2/h1-4H;1-2H3/b6-4+;. The lowest BCUT2D eigenvalue weighted by Gasteiger charge is -1.88. The molecule has 1 aromatic rings. The first-order chi connectivity index (χ1) is 6.74. The third kappa shape index (κ3) is 4.22. The van der Waals surface area contributed by atoms with Gasteiger partial charge in [0.1, 0.15) is 6.07 Å². The monoisotopic (exact) mass is 227 g/mol. The minimum Gasteiger partial charge on any atom is -0.276 e. The van der Waals surface area contributed by atoms with Crippen LogP contribution in [0.4, 0.5) is 0 Å². The summed E-state index contributed by atoms with van der Waals surface area (Å²) in [7, 11) is 0.